The first-order valence-corrected chi connectivity index (χ1v) is 10.1. The lowest BCUT2D eigenvalue weighted by Gasteiger charge is -2.41. The molecule has 138 valence electrons. The van der Waals surface area contributed by atoms with Gasteiger partial charge in [0.15, 0.2) is 9.84 Å². The van der Waals surface area contributed by atoms with E-state index in [4.69, 9.17) is 10.8 Å². The van der Waals surface area contributed by atoms with E-state index >= 15 is 0 Å². The molecule has 0 aromatic rings. The normalized spacial score (nSPS) is 31.5. The minimum Gasteiger partial charge on any atom is -0.465 e. The van der Waals surface area contributed by atoms with E-state index in [0.717, 1.165) is 0 Å². The number of hydrogen-bond donors (Lipinski definition) is 3. The Morgan fingerprint density at radius 3 is 2.54 bits per heavy atom. The summed E-state index contributed by atoms with van der Waals surface area (Å²) in [4.78, 5) is 24.9. The van der Waals surface area contributed by atoms with Gasteiger partial charge in [0.25, 0.3) is 0 Å². The van der Waals surface area contributed by atoms with Crippen LogP contribution in [0.2, 0.25) is 0 Å². The van der Waals surface area contributed by atoms with Crippen LogP contribution in [0, 0.1) is 5.92 Å². The molecule has 2 amide bonds. The largest absolute Gasteiger partial charge is 0.465 e. The van der Waals surface area contributed by atoms with E-state index in [1.807, 2.05) is 0 Å². The molecule has 2 aliphatic rings. The van der Waals surface area contributed by atoms with Crippen molar-refractivity contribution < 1.29 is 23.1 Å². The first-order valence-electron chi connectivity index (χ1n) is 8.39. The molecule has 1 saturated carbocycles. The lowest BCUT2D eigenvalue weighted by molar-refractivity contribution is -0.132. The van der Waals surface area contributed by atoms with E-state index < -0.39 is 27.2 Å². The van der Waals surface area contributed by atoms with E-state index in [1.165, 1.54) is 0 Å². The second-order valence-electron chi connectivity index (χ2n) is 7.09. The number of sulfone groups is 1. The van der Waals surface area contributed by atoms with Gasteiger partial charge in [-0.1, -0.05) is 0 Å². The van der Waals surface area contributed by atoms with Gasteiger partial charge in [0.2, 0.25) is 5.91 Å². The summed E-state index contributed by atoms with van der Waals surface area (Å²) in [6, 6.07) is -0.980. The predicted molar refractivity (Wildman–Crippen MR) is 89.3 cm³/mol. The van der Waals surface area contributed by atoms with Gasteiger partial charge in [0.05, 0.1) is 17.0 Å². The van der Waals surface area contributed by atoms with Crippen LogP contribution in [0.25, 0.3) is 0 Å². The quantitative estimate of drug-likeness (QED) is 0.640. The highest BCUT2D eigenvalue weighted by Gasteiger charge is 2.42. The number of amides is 2. The minimum atomic E-state index is -3.29. The van der Waals surface area contributed by atoms with E-state index in [1.54, 1.807) is 18.7 Å². The number of nitrogens with two attached hydrogens (primary N) is 1. The van der Waals surface area contributed by atoms with Crippen LogP contribution < -0.4 is 11.1 Å². The molecule has 9 heteroatoms. The third-order valence-electron chi connectivity index (χ3n) is 5.12. The van der Waals surface area contributed by atoms with Crippen LogP contribution in [0.15, 0.2) is 0 Å². The molecule has 1 saturated heterocycles. The van der Waals surface area contributed by atoms with Gasteiger partial charge in [0, 0.05) is 18.6 Å². The standard InChI is InChI=1S/C15H27N3O5S/c1-9(2)24(22,23)8-10-7-11(17-15(20)21)3-4-13(10)18-6-5-12(16)14(18)19/h9-13,17H,3-8,16H2,1-2H3,(H,20,21)/t10-,11+,12-,13-/m0/s1. The van der Waals surface area contributed by atoms with Crippen molar-refractivity contribution in [1.82, 2.24) is 10.2 Å². The van der Waals surface area contributed by atoms with Crippen LogP contribution in [0.3, 0.4) is 0 Å². The average molecular weight is 361 g/mol. The molecule has 1 aliphatic carbocycles. The van der Waals surface area contributed by atoms with Crippen molar-refractivity contribution in [3.63, 3.8) is 0 Å². The Balaban J connectivity index is 2.18. The van der Waals surface area contributed by atoms with Gasteiger partial charge in [-0.3, -0.25) is 4.79 Å². The first kappa shape index (κ1) is 19.0. The Labute approximate surface area is 142 Å². The van der Waals surface area contributed by atoms with Crippen molar-refractivity contribution in [1.29, 1.82) is 0 Å². The zero-order valence-electron chi connectivity index (χ0n) is 14.1. The topological polar surface area (TPSA) is 130 Å². The van der Waals surface area contributed by atoms with Crippen molar-refractivity contribution in [2.24, 2.45) is 11.7 Å². The van der Waals surface area contributed by atoms with E-state index in [9.17, 15) is 18.0 Å². The van der Waals surface area contributed by atoms with Crippen molar-refractivity contribution in [2.75, 3.05) is 12.3 Å². The van der Waals surface area contributed by atoms with Crippen molar-refractivity contribution >= 4 is 21.8 Å². The van der Waals surface area contributed by atoms with Crippen molar-refractivity contribution in [3.05, 3.63) is 0 Å². The Morgan fingerprint density at radius 2 is 2.04 bits per heavy atom. The first-order chi connectivity index (χ1) is 11.1. The lowest BCUT2D eigenvalue weighted by atomic mass is 9.81. The zero-order chi connectivity index (χ0) is 18.1. The number of rotatable bonds is 5. The summed E-state index contributed by atoms with van der Waals surface area (Å²) in [6.07, 6.45) is 1.07. The van der Waals surface area contributed by atoms with Crippen molar-refractivity contribution in [3.8, 4) is 0 Å². The molecular weight excluding hydrogens is 334 g/mol. The fourth-order valence-electron chi connectivity index (χ4n) is 3.69. The summed E-state index contributed by atoms with van der Waals surface area (Å²) in [6.45, 7) is 3.81. The SMILES string of the molecule is CC(C)S(=O)(=O)C[C@@H]1C[C@H](NC(=O)O)CC[C@@H]1N1CC[C@H](N)C1=O. The highest BCUT2D eigenvalue weighted by Crippen LogP contribution is 2.33. The molecule has 0 spiro atoms. The zero-order valence-corrected chi connectivity index (χ0v) is 15.0. The van der Waals surface area contributed by atoms with Crippen LogP contribution in [0.4, 0.5) is 4.79 Å². The number of carbonyl (C=O) groups excluding carboxylic acids is 1. The summed E-state index contributed by atoms with van der Waals surface area (Å²) in [5, 5.41) is 10.9. The average Bonchev–Trinajstić information content (AvgIpc) is 2.78. The molecule has 2 rings (SSSR count). The molecule has 24 heavy (non-hydrogen) atoms. The second kappa shape index (κ2) is 7.26. The lowest BCUT2D eigenvalue weighted by Crippen LogP contribution is -2.52. The summed E-state index contributed by atoms with van der Waals surface area (Å²) in [5.41, 5.74) is 5.79. The molecule has 0 unspecified atom stereocenters. The molecule has 1 heterocycles. The molecule has 0 radical (unpaired) electrons. The predicted octanol–water partition coefficient (Wildman–Crippen LogP) is 0.174. The van der Waals surface area contributed by atoms with Crippen LogP contribution in [0.5, 0.6) is 0 Å². The fourth-order valence-corrected chi connectivity index (χ4v) is 5.03. The second-order valence-corrected chi connectivity index (χ2v) is 9.69. The fraction of sp³-hybridized carbons (Fsp3) is 0.867. The summed E-state index contributed by atoms with van der Waals surface area (Å²) < 4.78 is 24.7. The van der Waals surface area contributed by atoms with Gasteiger partial charge >= 0.3 is 6.09 Å². The van der Waals surface area contributed by atoms with Gasteiger partial charge in [0.1, 0.15) is 0 Å². The van der Waals surface area contributed by atoms with Crippen LogP contribution in [-0.4, -0.2) is 66.1 Å². The van der Waals surface area contributed by atoms with E-state index in [-0.39, 0.29) is 29.7 Å². The molecule has 8 nitrogen and oxygen atoms in total. The van der Waals surface area contributed by atoms with Gasteiger partial charge in [-0.15, -0.1) is 0 Å². The molecule has 4 atom stereocenters. The smallest absolute Gasteiger partial charge is 0.404 e. The van der Waals surface area contributed by atoms with Crippen LogP contribution in [-0.2, 0) is 14.6 Å². The number of hydrogen-bond acceptors (Lipinski definition) is 5. The number of likely N-dealkylation sites (tertiary alicyclic amines) is 1. The maximum atomic E-state index is 12.4. The molecule has 0 aromatic carbocycles. The maximum absolute atomic E-state index is 12.4. The number of carboxylic acid groups (broad SMARTS) is 1. The van der Waals surface area contributed by atoms with Gasteiger partial charge in [-0.25, -0.2) is 13.2 Å². The van der Waals surface area contributed by atoms with Crippen molar-refractivity contribution in [2.45, 2.75) is 62.9 Å². The highest BCUT2D eigenvalue weighted by molar-refractivity contribution is 7.91. The molecular formula is C15H27N3O5S. The molecule has 0 bridgehead atoms. The monoisotopic (exact) mass is 361 g/mol. The van der Waals surface area contributed by atoms with E-state index in [0.29, 0.717) is 32.2 Å². The number of nitrogens with zero attached hydrogens (tertiary/aromatic N) is 1. The summed E-state index contributed by atoms with van der Waals surface area (Å²) in [5.74, 6) is -0.444. The van der Waals surface area contributed by atoms with Crippen LogP contribution in [0.1, 0.15) is 39.5 Å². The summed E-state index contributed by atoms with van der Waals surface area (Å²) in [7, 11) is -3.29. The van der Waals surface area contributed by atoms with Crippen LogP contribution >= 0.6 is 0 Å². The molecule has 0 aromatic heterocycles. The Morgan fingerprint density at radius 1 is 1.38 bits per heavy atom. The Bertz CT molecular complexity index is 592. The van der Waals surface area contributed by atoms with E-state index in [2.05, 4.69) is 5.32 Å². The third kappa shape index (κ3) is 4.18. The minimum absolute atomic E-state index is 0.0356. The summed E-state index contributed by atoms with van der Waals surface area (Å²) >= 11 is 0. The third-order valence-corrected chi connectivity index (χ3v) is 7.45. The van der Waals surface area contributed by atoms with Gasteiger partial charge in [-0.05, 0) is 45.4 Å². The van der Waals surface area contributed by atoms with Gasteiger partial charge in [-0.2, -0.15) is 0 Å². The Kier molecular flexibility index (Phi) is 5.74. The Hall–Kier alpha value is -1.35. The van der Waals surface area contributed by atoms with Gasteiger partial charge < -0.3 is 21.1 Å². The molecule has 4 N–H and O–H groups in total. The number of carbonyl (C=O) groups is 2. The maximum Gasteiger partial charge on any atom is 0.404 e. The number of nitrogens with one attached hydrogen (secondary N) is 1. The highest BCUT2D eigenvalue weighted by atomic mass is 32.2. The molecule has 2 fully saturated rings. The molecule has 1 aliphatic heterocycles.